The minimum Gasteiger partial charge on any atom is -0.373 e. The Hall–Kier alpha value is -0.770. The molecule has 0 unspecified atom stereocenters. The van der Waals surface area contributed by atoms with Crippen molar-refractivity contribution in [1.82, 2.24) is 9.97 Å². The van der Waals surface area contributed by atoms with Gasteiger partial charge in [0.05, 0.1) is 5.75 Å². The standard InChI is InChI=1S/C10H17N3S/c1-4-5-14-7-10-12-8(2)6-9(11-3)13-10/h6H,4-5,7H2,1-3H3,(H,11,12,13). The molecule has 14 heavy (non-hydrogen) atoms. The van der Waals surface area contributed by atoms with E-state index >= 15 is 0 Å². The molecule has 78 valence electrons. The number of nitrogens with one attached hydrogen (secondary N) is 1. The number of hydrogen-bond donors (Lipinski definition) is 1. The Morgan fingerprint density at radius 1 is 1.43 bits per heavy atom. The third-order valence-electron chi connectivity index (χ3n) is 1.74. The van der Waals surface area contributed by atoms with Crippen LogP contribution in [0.2, 0.25) is 0 Å². The molecule has 1 aromatic rings. The SMILES string of the molecule is CCCSCc1nc(C)cc(NC)n1. The van der Waals surface area contributed by atoms with Gasteiger partial charge in [-0.3, -0.25) is 0 Å². The van der Waals surface area contributed by atoms with Crippen LogP contribution in [0.4, 0.5) is 5.82 Å². The van der Waals surface area contributed by atoms with Crippen molar-refractivity contribution < 1.29 is 0 Å². The molecule has 0 aliphatic carbocycles. The van der Waals surface area contributed by atoms with Crippen LogP contribution in [0.25, 0.3) is 0 Å². The summed E-state index contributed by atoms with van der Waals surface area (Å²) in [5.74, 6) is 3.91. The molecule has 1 aromatic heterocycles. The van der Waals surface area contributed by atoms with Gasteiger partial charge in [-0.25, -0.2) is 9.97 Å². The van der Waals surface area contributed by atoms with E-state index in [0.717, 1.165) is 23.1 Å². The molecular formula is C10H17N3S. The van der Waals surface area contributed by atoms with Gasteiger partial charge in [-0.2, -0.15) is 11.8 Å². The van der Waals surface area contributed by atoms with Gasteiger partial charge in [0.25, 0.3) is 0 Å². The van der Waals surface area contributed by atoms with Gasteiger partial charge >= 0.3 is 0 Å². The molecular weight excluding hydrogens is 194 g/mol. The smallest absolute Gasteiger partial charge is 0.140 e. The zero-order chi connectivity index (χ0) is 10.4. The second kappa shape index (κ2) is 5.86. The van der Waals surface area contributed by atoms with E-state index in [1.54, 1.807) is 0 Å². The molecule has 0 aromatic carbocycles. The Morgan fingerprint density at radius 2 is 2.21 bits per heavy atom. The fourth-order valence-electron chi connectivity index (χ4n) is 1.13. The highest BCUT2D eigenvalue weighted by Crippen LogP contribution is 2.12. The number of rotatable bonds is 5. The van der Waals surface area contributed by atoms with Gasteiger partial charge < -0.3 is 5.32 Å². The average molecular weight is 211 g/mol. The van der Waals surface area contributed by atoms with Crippen LogP contribution in [0, 0.1) is 6.92 Å². The van der Waals surface area contributed by atoms with Crippen molar-refractivity contribution in [2.45, 2.75) is 26.0 Å². The van der Waals surface area contributed by atoms with Crippen molar-refractivity contribution in [3.05, 3.63) is 17.6 Å². The zero-order valence-electron chi connectivity index (χ0n) is 9.00. The quantitative estimate of drug-likeness (QED) is 0.759. The van der Waals surface area contributed by atoms with Gasteiger partial charge in [0, 0.05) is 18.8 Å². The predicted molar refractivity (Wildman–Crippen MR) is 62.8 cm³/mol. The van der Waals surface area contributed by atoms with Crippen LogP contribution >= 0.6 is 11.8 Å². The molecule has 0 aliphatic rings. The molecule has 0 spiro atoms. The molecule has 1 heterocycles. The number of nitrogens with zero attached hydrogens (tertiary/aromatic N) is 2. The lowest BCUT2D eigenvalue weighted by Gasteiger charge is -2.04. The summed E-state index contributed by atoms with van der Waals surface area (Å²) in [5, 5.41) is 3.04. The van der Waals surface area contributed by atoms with Gasteiger partial charge in [-0.05, 0) is 19.1 Å². The van der Waals surface area contributed by atoms with Crippen LogP contribution in [-0.2, 0) is 5.75 Å². The van der Waals surface area contributed by atoms with Crippen molar-refractivity contribution >= 4 is 17.6 Å². The summed E-state index contributed by atoms with van der Waals surface area (Å²) < 4.78 is 0. The fraction of sp³-hybridized carbons (Fsp3) is 0.600. The first-order chi connectivity index (χ1) is 6.76. The van der Waals surface area contributed by atoms with E-state index in [1.165, 1.54) is 12.2 Å². The topological polar surface area (TPSA) is 37.8 Å². The molecule has 1 rings (SSSR count). The van der Waals surface area contributed by atoms with E-state index in [1.807, 2.05) is 31.8 Å². The maximum absolute atomic E-state index is 4.38. The lowest BCUT2D eigenvalue weighted by atomic mass is 10.4. The van der Waals surface area contributed by atoms with Crippen LogP contribution in [0.3, 0.4) is 0 Å². The van der Waals surface area contributed by atoms with Gasteiger partial charge in [-0.15, -0.1) is 0 Å². The highest BCUT2D eigenvalue weighted by molar-refractivity contribution is 7.98. The number of aromatic nitrogens is 2. The van der Waals surface area contributed by atoms with Crippen molar-refractivity contribution in [3.63, 3.8) is 0 Å². The highest BCUT2D eigenvalue weighted by atomic mass is 32.2. The molecule has 0 bridgehead atoms. The third kappa shape index (κ3) is 3.54. The fourth-order valence-corrected chi connectivity index (χ4v) is 1.88. The maximum atomic E-state index is 4.38. The van der Waals surface area contributed by atoms with Crippen molar-refractivity contribution in [2.75, 3.05) is 18.1 Å². The molecule has 4 heteroatoms. The lowest BCUT2D eigenvalue weighted by Crippen LogP contribution is -2.00. The first-order valence-corrected chi connectivity index (χ1v) is 6.01. The highest BCUT2D eigenvalue weighted by Gasteiger charge is 2.00. The molecule has 0 fully saturated rings. The number of anilines is 1. The molecule has 0 aliphatic heterocycles. The van der Waals surface area contributed by atoms with E-state index in [-0.39, 0.29) is 0 Å². The first-order valence-electron chi connectivity index (χ1n) is 4.86. The van der Waals surface area contributed by atoms with E-state index < -0.39 is 0 Å². The van der Waals surface area contributed by atoms with Crippen LogP contribution in [0.5, 0.6) is 0 Å². The molecule has 3 nitrogen and oxygen atoms in total. The maximum Gasteiger partial charge on any atom is 0.140 e. The Balaban J connectivity index is 2.62. The normalized spacial score (nSPS) is 10.2. The first kappa shape index (κ1) is 11.3. The monoisotopic (exact) mass is 211 g/mol. The summed E-state index contributed by atoms with van der Waals surface area (Å²) in [5.41, 5.74) is 1.02. The Morgan fingerprint density at radius 3 is 2.86 bits per heavy atom. The van der Waals surface area contributed by atoms with Crippen molar-refractivity contribution in [3.8, 4) is 0 Å². The van der Waals surface area contributed by atoms with E-state index in [2.05, 4.69) is 22.2 Å². The van der Waals surface area contributed by atoms with Crippen LogP contribution < -0.4 is 5.32 Å². The van der Waals surface area contributed by atoms with Crippen molar-refractivity contribution in [1.29, 1.82) is 0 Å². The minimum absolute atomic E-state index is 0.907. The predicted octanol–water partition coefficient (Wildman–Crippen LogP) is 2.47. The summed E-state index contributed by atoms with van der Waals surface area (Å²) in [4.78, 5) is 8.76. The second-order valence-electron chi connectivity index (χ2n) is 3.11. The van der Waals surface area contributed by atoms with Crippen LogP contribution in [-0.4, -0.2) is 22.8 Å². The summed E-state index contributed by atoms with van der Waals surface area (Å²) in [6, 6.07) is 1.95. The summed E-state index contributed by atoms with van der Waals surface area (Å²) >= 11 is 1.88. The molecule has 0 saturated carbocycles. The van der Waals surface area contributed by atoms with Crippen LogP contribution in [0.1, 0.15) is 24.9 Å². The zero-order valence-corrected chi connectivity index (χ0v) is 9.82. The van der Waals surface area contributed by atoms with Gasteiger partial charge in [0.2, 0.25) is 0 Å². The van der Waals surface area contributed by atoms with E-state index in [9.17, 15) is 0 Å². The third-order valence-corrected chi connectivity index (χ3v) is 2.90. The van der Waals surface area contributed by atoms with E-state index in [4.69, 9.17) is 0 Å². The molecule has 0 atom stereocenters. The molecule has 0 radical (unpaired) electrons. The average Bonchev–Trinajstić information content (AvgIpc) is 2.17. The summed E-state index contributed by atoms with van der Waals surface area (Å²) in [7, 11) is 1.88. The summed E-state index contributed by atoms with van der Waals surface area (Å²) in [6.07, 6.45) is 1.20. The lowest BCUT2D eigenvalue weighted by molar-refractivity contribution is 0.993. The van der Waals surface area contributed by atoms with Gasteiger partial charge in [0.15, 0.2) is 0 Å². The molecule has 1 N–H and O–H groups in total. The Kier molecular flexibility index (Phi) is 4.73. The number of thioether (sulfide) groups is 1. The summed E-state index contributed by atoms with van der Waals surface area (Å²) in [6.45, 7) is 4.18. The van der Waals surface area contributed by atoms with E-state index in [0.29, 0.717) is 0 Å². The van der Waals surface area contributed by atoms with Crippen LogP contribution in [0.15, 0.2) is 6.07 Å². The number of hydrogen-bond acceptors (Lipinski definition) is 4. The second-order valence-corrected chi connectivity index (χ2v) is 4.22. The van der Waals surface area contributed by atoms with Crippen molar-refractivity contribution in [2.24, 2.45) is 0 Å². The Labute approximate surface area is 89.7 Å². The number of aryl methyl sites for hydroxylation is 1. The van der Waals surface area contributed by atoms with Gasteiger partial charge in [0.1, 0.15) is 11.6 Å². The molecule has 0 amide bonds. The largest absolute Gasteiger partial charge is 0.373 e. The van der Waals surface area contributed by atoms with Gasteiger partial charge in [-0.1, -0.05) is 6.92 Å². The Bertz CT molecular complexity index is 289. The molecule has 0 saturated heterocycles. The minimum atomic E-state index is 0.907.